The second kappa shape index (κ2) is 8.45. The van der Waals surface area contributed by atoms with Crippen LogP contribution in [0.15, 0.2) is 39.5 Å². The molecule has 0 bridgehead atoms. The lowest BCUT2D eigenvalue weighted by molar-refractivity contribution is -0.116. The summed E-state index contributed by atoms with van der Waals surface area (Å²) >= 11 is 1.55. The number of benzene rings is 1. The standard InChI is InChI=1S/C18H18N4O4S/c1-11(23)19-13-3-4-15(25-2)14(9-13)20-16(24)5-6-17-21-18(22-26-17)12-7-8-27-10-12/h3-4,7-10H,5-6H2,1-2H3,(H,19,23)(H,20,24). The van der Waals surface area contributed by atoms with E-state index in [0.29, 0.717) is 35.3 Å². The van der Waals surface area contributed by atoms with Gasteiger partial charge in [-0.3, -0.25) is 9.59 Å². The lowest BCUT2D eigenvalue weighted by Gasteiger charge is -2.12. The molecule has 9 heteroatoms. The molecule has 0 fully saturated rings. The normalized spacial score (nSPS) is 10.4. The lowest BCUT2D eigenvalue weighted by Crippen LogP contribution is -2.14. The van der Waals surface area contributed by atoms with Crippen LogP contribution in [0.1, 0.15) is 19.2 Å². The molecule has 0 aliphatic rings. The molecule has 0 unspecified atom stereocenters. The quantitative estimate of drug-likeness (QED) is 0.645. The molecule has 2 N–H and O–H groups in total. The number of ether oxygens (including phenoxy) is 1. The van der Waals surface area contributed by atoms with Crippen LogP contribution in [0.2, 0.25) is 0 Å². The first-order valence-corrected chi connectivity index (χ1v) is 9.10. The van der Waals surface area contributed by atoms with Crippen molar-refractivity contribution in [2.75, 3.05) is 17.7 Å². The highest BCUT2D eigenvalue weighted by Crippen LogP contribution is 2.28. The molecule has 0 aliphatic heterocycles. The first-order chi connectivity index (χ1) is 13.0. The molecule has 2 heterocycles. The van der Waals surface area contributed by atoms with E-state index < -0.39 is 0 Å². The van der Waals surface area contributed by atoms with Gasteiger partial charge in [-0.05, 0) is 29.6 Å². The van der Waals surface area contributed by atoms with Crippen molar-refractivity contribution in [2.45, 2.75) is 19.8 Å². The summed E-state index contributed by atoms with van der Waals surface area (Å²) in [5.74, 6) is 0.968. The first-order valence-electron chi connectivity index (χ1n) is 8.16. The molecule has 2 aromatic heterocycles. The van der Waals surface area contributed by atoms with Gasteiger partial charge in [-0.25, -0.2) is 0 Å². The summed E-state index contributed by atoms with van der Waals surface area (Å²) in [5, 5.41) is 13.2. The van der Waals surface area contributed by atoms with Crippen LogP contribution in [0.25, 0.3) is 11.4 Å². The molecule has 2 amide bonds. The average Bonchev–Trinajstić information content (AvgIpc) is 3.31. The van der Waals surface area contributed by atoms with Crippen molar-refractivity contribution >= 4 is 34.5 Å². The molecule has 27 heavy (non-hydrogen) atoms. The van der Waals surface area contributed by atoms with Crippen molar-refractivity contribution in [3.05, 3.63) is 40.9 Å². The van der Waals surface area contributed by atoms with E-state index in [4.69, 9.17) is 9.26 Å². The van der Waals surface area contributed by atoms with Gasteiger partial charge in [-0.15, -0.1) is 0 Å². The number of hydrogen-bond acceptors (Lipinski definition) is 7. The Hall–Kier alpha value is -3.20. The maximum absolute atomic E-state index is 12.3. The van der Waals surface area contributed by atoms with Crippen LogP contribution < -0.4 is 15.4 Å². The highest BCUT2D eigenvalue weighted by molar-refractivity contribution is 7.08. The van der Waals surface area contributed by atoms with E-state index >= 15 is 0 Å². The second-order valence-electron chi connectivity index (χ2n) is 5.67. The fourth-order valence-corrected chi connectivity index (χ4v) is 3.02. The van der Waals surface area contributed by atoms with Gasteiger partial charge in [0.15, 0.2) is 0 Å². The van der Waals surface area contributed by atoms with Gasteiger partial charge in [0, 0.05) is 36.4 Å². The van der Waals surface area contributed by atoms with Gasteiger partial charge < -0.3 is 19.9 Å². The predicted octanol–water partition coefficient (Wildman–Crippen LogP) is 3.34. The molecular weight excluding hydrogens is 368 g/mol. The zero-order valence-electron chi connectivity index (χ0n) is 14.8. The smallest absolute Gasteiger partial charge is 0.227 e. The minimum absolute atomic E-state index is 0.165. The van der Waals surface area contributed by atoms with Crippen LogP contribution in [0.3, 0.4) is 0 Å². The molecular formula is C18H18N4O4S. The van der Waals surface area contributed by atoms with E-state index in [9.17, 15) is 9.59 Å². The van der Waals surface area contributed by atoms with Crippen LogP contribution >= 0.6 is 11.3 Å². The number of carbonyl (C=O) groups excluding carboxylic acids is 2. The zero-order valence-corrected chi connectivity index (χ0v) is 15.6. The monoisotopic (exact) mass is 386 g/mol. The number of aryl methyl sites for hydroxylation is 1. The third-order valence-corrected chi connectivity index (χ3v) is 4.29. The largest absolute Gasteiger partial charge is 0.495 e. The molecule has 3 aromatic rings. The maximum Gasteiger partial charge on any atom is 0.227 e. The Morgan fingerprint density at radius 1 is 1.26 bits per heavy atom. The predicted molar refractivity (Wildman–Crippen MR) is 102 cm³/mol. The Balaban J connectivity index is 1.61. The molecule has 0 atom stereocenters. The van der Waals surface area contributed by atoms with Gasteiger partial charge in [0.05, 0.1) is 12.8 Å². The summed E-state index contributed by atoms with van der Waals surface area (Å²) in [6.45, 7) is 1.41. The van der Waals surface area contributed by atoms with Gasteiger partial charge in [0.2, 0.25) is 23.5 Å². The summed E-state index contributed by atoms with van der Waals surface area (Å²) in [7, 11) is 1.51. The fraction of sp³-hybridized carbons (Fsp3) is 0.222. The Bertz CT molecular complexity index is 937. The molecule has 140 valence electrons. The molecule has 0 saturated heterocycles. The zero-order chi connectivity index (χ0) is 19.2. The number of hydrogen-bond donors (Lipinski definition) is 2. The molecule has 0 spiro atoms. The van der Waals surface area contributed by atoms with Crippen molar-refractivity contribution in [3.63, 3.8) is 0 Å². The Kier molecular flexibility index (Phi) is 5.82. The van der Waals surface area contributed by atoms with Crippen molar-refractivity contribution in [1.29, 1.82) is 0 Å². The number of rotatable bonds is 7. The number of anilines is 2. The summed E-state index contributed by atoms with van der Waals surface area (Å²) in [5.41, 5.74) is 1.92. The minimum atomic E-state index is -0.233. The first kappa shape index (κ1) is 18.6. The van der Waals surface area contributed by atoms with Gasteiger partial charge in [-0.2, -0.15) is 16.3 Å². The third-order valence-electron chi connectivity index (χ3n) is 3.61. The number of aromatic nitrogens is 2. The number of methoxy groups -OCH3 is 1. The van der Waals surface area contributed by atoms with Crippen LogP contribution in [0, 0.1) is 0 Å². The number of amides is 2. The molecule has 3 rings (SSSR count). The summed E-state index contributed by atoms with van der Waals surface area (Å²) in [6.07, 6.45) is 0.482. The maximum atomic E-state index is 12.3. The summed E-state index contributed by atoms with van der Waals surface area (Å²) < 4.78 is 10.4. The van der Waals surface area contributed by atoms with E-state index in [2.05, 4.69) is 20.8 Å². The lowest BCUT2D eigenvalue weighted by atomic mass is 10.2. The Morgan fingerprint density at radius 2 is 2.11 bits per heavy atom. The SMILES string of the molecule is COc1ccc(NC(C)=O)cc1NC(=O)CCc1nc(-c2ccsc2)no1. The van der Waals surface area contributed by atoms with Crippen LogP contribution in [-0.4, -0.2) is 29.1 Å². The van der Waals surface area contributed by atoms with E-state index in [1.165, 1.54) is 14.0 Å². The molecule has 0 saturated carbocycles. The van der Waals surface area contributed by atoms with Crippen LogP contribution in [0.4, 0.5) is 11.4 Å². The van der Waals surface area contributed by atoms with E-state index in [1.54, 1.807) is 29.5 Å². The molecule has 0 aliphatic carbocycles. The van der Waals surface area contributed by atoms with Crippen molar-refractivity contribution in [2.24, 2.45) is 0 Å². The average molecular weight is 386 g/mol. The molecule has 8 nitrogen and oxygen atoms in total. The van der Waals surface area contributed by atoms with Gasteiger partial charge in [-0.1, -0.05) is 5.16 Å². The van der Waals surface area contributed by atoms with E-state index in [1.807, 2.05) is 16.8 Å². The minimum Gasteiger partial charge on any atom is -0.495 e. The number of nitrogens with one attached hydrogen (secondary N) is 2. The van der Waals surface area contributed by atoms with Crippen LogP contribution in [-0.2, 0) is 16.0 Å². The van der Waals surface area contributed by atoms with E-state index in [0.717, 1.165) is 5.56 Å². The van der Waals surface area contributed by atoms with Gasteiger partial charge in [0.25, 0.3) is 0 Å². The highest BCUT2D eigenvalue weighted by atomic mass is 32.1. The second-order valence-corrected chi connectivity index (χ2v) is 6.45. The highest BCUT2D eigenvalue weighted by Gasteiger charge is 2.13. The molecule has 1 aromatic carbocycles. The van der Waals surface area contributed by atoms with Gasteiger partial charge >= 0.3 is 0 Å². The molecule has 0 radical (unpaired) electrons. The van der Waals surface area contributed by atoms with E-state index in [-0.39, 0.29) is 18.2 Å². The van der Waals surface area contributed by atoms with Gasteiger partial charge in [0.1, 0.15) is 5.75 Å². The van der Waals surface area contributed by atoms with Crippen molar-refractivity contribution in [3.8, 4) is 17.1 Å². The third kappa shape index (κ3) is 4.91. The Morgan fingerprint density at radius 3 is 2.81 bits per heavy atom. The van der Waals surface area contributed by atoms with Crippen molar-refractivity contribution in [1.82, 2.24) is 10.1 Å². The number of thiophene rings is 1. The number of carbonyl (C=O) groups is 2. The summed E-state index contributed by atoms with van der Waals surface area (Å²) in [6, 6.07) is 6.91. The number of nitrogens with zero attached hydrogens (tertiary/aromatic N) is 2. The van der Waals surface area contributed by atoms with Crippen LogP contribution in [0.5, 0.6) is 5.75 Å². The topological polar surface area (TPSA) is 106 Å². The van der Waals surface area contributed by atoms with Crippen molar-refractivity contribution < 1.29 is 18.8 Å². The Labute approximate surface area is 159 Å². The fourth-order valence-electron chi connectivity index (χ4n) is 2.39. The summed E-state index contributed by atoms with van der Waals surface area (Å²) in [4.78, 5) is 27.8.